The normalized spacial score (nSPS) is 18.5. The molecule has 0 unspecified atom stereocenters. The van der Waals surface area contributed by atoms with Crippen LogP contribution in [0.15, 0.2) is 64.0 Å². The Hall–Kier alpha value is -3.10. The SMILES string of the molecule is COc1cc(C2C3=C(CCCC3=O)OC3=C2C(=O)CCC3)cc(Cl)c1OS(=O)(=O)c1ccc(C)cc1. The Labute approximate surface area is 214 Å². The fourth-order valence-corrected chi connectivity index (χ4v) is 6.26. The van der Waals surface area contributed by atoms with Gasteiger partial charge in [-0.25, -0.2) is 0 Å². The third-order valence-electron chi connectivity index (χ3n) is 6.73. The Balaban J connectivity index is 1.61. The van der Waals surface area contributed by atoms with Crippen molar-refractivity contribution in [2.45, 2.75) is 56.3 Å². The number of hydrogen-bond acceptors (Lipinski definition) is 7. The molecular weight excluding hydrogens is 504 g/mol. The zero-order valence-corrected chi connectivity index (χ0v) is 21.5. The van der Waals surface area contributed by atoms with Gasteiger partial charge in [0.1, 0.15) is 16.4 Å². The van der Waals surface area contributed by atoms with E-state index in [2.05, 4.69) is 0 Å². The van der Waals surface area contributed by atoms with E-state index in [1.165, 1.54) is 19.2 Å². The van der Waals surface area contributed by atoms with Crippen LogP contribution in [0.2, 0.25) is 5.02 Å². The van der Waals surface area contributed by atoms with E-state index in [-0.39, 0.29) is 33.0 Å². The Bertz CT molecular complexity index is 1390. The number of hydrogen-bond donors (Lipinski definition) is 0. The van der Waals surface area contributed by atoms with E-state index in [4.69, 9.17) is 25.3 Å². The van der Waals surface area contributed by atoms with Crippen molar-refractivity contribution in [1.29, 1.82) is 0 Å². The Kier molecular flexibility index (Phi) is 6.43. The highest BCUT2D eigenvalue weighted by atomic mass is 35.5. The fourth-order valence-electron chi connectivity index (χ4n) is 5.00. The summed E-state index contributed by atoms with van der Waals surface area (Å²) in [7, 11) is -2.82. The Morgan fingerprint density at radius 3 is 2.06 bits per heavy atom. The lowest BCUT2D eigenvalue weighted by Gasteiger charge is -2.36. The van der Waals surface area contributed by atoms with E-state index >= 15 is 0 Å². The van der Waals surface area contributed by atoms with Gasteiger partial charge in [0.05, 0.1) is 12.1 Å². The van der Waals surface area contributed by atoms with Gasteiger partial charge in [0.2, 0.25) is 5.75 Å². The number of carbonyl (C=O) groups is 2. The maximum absolute atomic E-state index is 13.0. The summed E-state index contributed by atoms with van der Waals surface area (Å²) in [5, 5.41) is -0.0117. The molecule has 0 saturated heterocycles. The van der Waals surface area contributed by atoms with Crippen molar-refractivity contribution in [2.75, 3.05) is 7.11 Å². The highest BCUT2D eigenvalue weighted by molar-refractivity contribution is 7.87. The Morgan fingerprint density at radius 2 is 1.50 bits per heavy atom. The second-order valence-corrected chi connectivity index (χ2v) is 11.1. The zero-order valence-electron chi connectivity index (χ0n) is 19.9. The van der Waals surface area contributed by atoms with Crippen molar-refractivity contribution in [3.05, 3.63) is 75.2 Å². The number of benzene rings is 2. The molecule has 3 aliphatic rings. The highest BCUT2D eigenvalue weighted by Gasteiger charge is 2.42. The van der Waals surface area contributed by atoms with Crippen LogP contribution in [0.5, 0.6) is 11.5 Å². The van der Waals surface area contributed by atoms with Crippen molar-refractivity contribution in [1.82, 2.24) is 0 Å². The average molecular weight is 529 g/mol. The number of Topliss-reactive ketones (excluding diaryl/α,β-unsaturated/α-hetero) is 2. The van der Waals surface area contributed by atoms with Crippen LogP contribution >= 0.6 is 11.6 Å². The number of halogens is 1. The largest absolute Gasteiger partial charge is 0.493 e. The van der Waals surface area contributed by atoms with Gasteiger partial charge in [-0.3, -0.25) is 9.59 Å². The molecule has 1 aliphatic heterocycles. The minimum atomic E-state index is -4.19. The third kappa shape index (κ3) is 4.33. The minimum Gasteiger partial charge on any atom is -0.493 e. The van der Waals surface area contributed by atoms with E-state index in [1.54, 1.807) is 24.3 Å². The van der Waals surface area contributed by atoms with E-state index in [0.29, 0.717) is 66.8 Å². The van der Waals surface area contributed by atoms with Gasteiger partial charge in [-0.1, -0.05) is 29.3 Å². The lowest BCUT2D eigenvalue weighted by molar-refractivity contribution is -0.117. The lowest BCUT2D eigenvalue weighted by Crippen LogP contribution is -2.30. The predicted molar refractivity (Wildman–Crippen MR) is 133 cm³/mol. The second kappa shape index (κ2) is 9.41. The first-order chi connectivity index (χ1) is 17.2. The molecule has 9 heteroatoms. The lowest BCUT2D eigenvalue weighted by atomic mass is 9.73. The summed E-state index contributed by atoms with van der Waals surface area (Å²) in [6.45, 7) is 1.85. The van der Waals surface area contributed by atoms with Crippen LogP contribution in [0.4, 0.5) is 0 Å². The zero-order chi connectivity index (χ0) is 25.6. The maximum atomic E-state index is 13.0. The quantitative estimate of drug-likeness (QED) is 0.469. The molecule has 0 spiro atoms. The number of aryl methyl sites for hydroxylation is 1. The summed E-state index contributed by atoms with van der Waals surface area (Å²) < 4.78 is 42.8. The molecule has 5 rings (SSSR count). The van der Waals surface area contributed by atoms with Crippen molar-refractivity contribution < 1.29 is 31.7 Å². The Morgan fingerprint density at radius 1 is 0.917 bits per heavy atom. The molecule has 7 nitrogen and oxygen atoms in total. The first-order valence-corrected chi connectivity index (χ1v) is 13.6. The summed E-state index contributed by atoms with van der Waals surface area (Å²) in [6.07, 6.45) is 3.35. The van der Waals surface area contributed by atoms with Gasteiger partial charge >= 0.3 is 10.1 Å². The third-order valence-corrected chi connectivity index (χ3v) is 8.24. The molecule has 0 aromatic heterocycles. The van der Waals surface area contributed by atoms with Crippen LogP contribution in [0, 0.1) is 6.92 Å². The van der Waals surface area contributed by atoms with Crippen molar-refractivity contribution in [3.8, 4) is 11.5 Å². The van der Waals surface area contributed by atoms with Gasteiger partial charge in [-0.15, -0.1) is 0 Å². The van der Waals surface area contributed by atoms with Gasteiger partial charge in [-0.05, 0) is 49.6 Å². The number of ether oxygens (including phenoxy) is 2. The monoisotopic (exact) mass is 528 g/mol. The smallest absolute Gasteiger partial charge is 0.339 e. The van der Waals surface area contributed by atoms with Crippen molar-refractivity contribution in [3.63, 3.8) is 0 Å². The van der Waals surface area contributed by atoms with Crippen molar-refractivity contribution in [2.24, 2.45) is 0 Å². The molecule has 0 amide bonds. The number of rotatable bonds is 5. The van der Waals surface area contributed by atoms with E-state index < -0.39 is 16.0 Å². The predicted octanol–water partition coefficient (Wildman–Crippen LogP) is 5.55. The van der Waals surface area contributed by atoms with E-state index in [9.17, 15) is 18.0 Å². The summed E-state index contributed by atoms with van der Waals surface area (Å²) in [5.74, 6) is 0.328. The topological polar surface area (TPSA) is 96.0 Å². The molecule has 2 aromatic rings. The molecule has 0 radical (unpaired) electrons. The average Bonchev–Trinajstić information content (AvgIpc) is 2.84. The van der Waals surface area contributed by atoms with Crippen LogP contribution in [0.3, 0.4) is 0 Å². The standard InChI is InChI=1S/C27H25ClO7S/c1-15-9-11-17(12-10-15)36(31,32)35-27-18(28)13-16(14-23(27)33-2)24-25-19(29)5-3-7-21(25)34-22-8-4-6-20(30)26(22)24/h9-14,24H,3-8H2,1-2H3. The molecule has 1 heterocycles. The number of ketones is 2. The van der Waals surface area contributed by atoms with Gasteiger partial charge in [-0.2, -0.15) is 8.42 Å². The van der Waals surface area contributed by atoms with Crippen molar-refractivity contribution >= 4 is 33.3 Å². The molecule has 2 aliphatic carbocycles. The van der Waals surface area contributed by atoms with Gasteiger partial charge in [0, 0.05) is 42.7 Å². The molecule has 0 bridgehead atoms. The molecule has 2 aromatic carbocycles. The summed E-state index contributed by atoms with van der Waals surface area (Å²) in [6, 6.07) is 9.37. The summed E-state index contributed by atoms with van der Waals surface area (Å²) in [4.78, 5) is 26.0. The second-order valence-electron chi connectivity index (χ2n) is 9.15. The van der Waals surface area contributed by atoms with Gasteiger partial charge < -0.3 is 13.7 Å². The maximum Gasteiger partial charge on any atom is 0.339 e. The summed E-state index contributed by atoms with van der Waals surface area (Å²) in [5.41, 5.74) is 2.39. The number of methoxy groups -OCH3 is 1. The summed E-state index contributed by atoms with van der Waals surface area (Å²) >= 11 is 6.57. The number of carbonyl (C=O) groups excluding carboxylic acids is 2. The molecule has 36 heavy (non-hydrogen) atoms. The highest BCUT2D eigenvalue weighted by Crippen LogP contribution is 2.50. The molecule has 0 atom stereocenters. The molecule has 0 fully saturated rings. The van der Waals surface area contributed by atoms with Crippen LogP contribution in [0.25, 0.3) is 0 Å². The molecule has 188 valence electrons. The fraction of sp³-hybridized carbons (Fsp3) is 0.333. The van der Waals surface area contributed by atoms with Crippen LogP contribution < -0.4 is 8.92 Å². The minimum absolute atomic E-state index is 0.0117. The first kappa shape index (κ1) is 24.6. The van der Waals surface area contributed by atoms with Crippen LogP contribution in [-0.4, -0.2) is 27.1 Å². The first-order valence-electron chi connectivity index (χ1n) is 11.8. The molecule has 0 saturated carbocycles. The molecule has 0 N–H and O–H groups in total. The van der Waals surface area contributed by atoms with E-state index in [1.807, 2.05) is 6.92 Å². The molecular formula is C27H25ClO7S. The van der Waals surface area contributed by atoms with Gasteiger partial charge in [0.25, 0.3) is 0 Å². The number of allylic oxidation sites excluding steroid dienone is 4. The van der Waals surface area contributed by atoms with Crippen LogP contribution in [0.1, 0.15) is 55.6 Å². The van der Waals surface area contributed by atoms with E-state index in [0.717, 1.165) is 5.56 Å². The van der Waals surface area contributed by atoms with Crippen LogP contribution in [-0.2, 0) is 24.4 Å². The van der Waals surface area contributed by atoms with Gasteiger partial charge in [0.15, 0.2) is 17.3 Å².